The molecule has 0 bridgehead atoms. The second kappa shape index (κ2) is 4.12. The van der Waals surface area contributed by atoms with Crippen molar-refractivity contribution in [3.05, 3.63) is 0 Å². The standard InChI is InChI=1S/C12H22N2O/c1-14(2)11(15)5-8-13-9-12(6-7-12)10-3-4-10/h10,13H,3-9H2,1-2H3. The van der Waals surface area contributed by atoms with E-state index in [1.165, 1.54) is 25.7 Å². The Morgan fingerprint density at radius 3 is 2.53 bits per heavy atom. The van der Waals surface area contributed by atoms with Gasteiger partial charge in [0.2, 0.25) is 5.91 Å². The molecule has 0 radical (unpaired) electrons. The van der Waals surface area contributed by atoms with Crippen molar-refractivity contribution in [2.24, 2.45) is 11.3 Å². The van der Waals surface area contributed by atoms with Gasteiger partial charge in [0, 0.05) is 33.6 Å². The zero-order chi connectivity index (χ0) is 10.9. The normalized spacial score (nSPS) is 22.5. The number of rotatable bonds is 6. The predicted octanol–water partition coefficient (Wildman–Crippen LogP) is 1.24. The van der Waals surface area contributed by atoms with Crippen molar-refractivity contribution >= 4 is 5.91 Å². The molecule has 15 heavy (non-hydrogen) atoms. The summed E-state index contributed by atoms with van der Waals surface area (Å²) in [6.45, 7) is 1.98. The number of hydrogen-bond donors (Lipinski definition) is 1. The molecule has 0 aromatic carbocycles. The van der Waals surface area contributed by atoms with Crippen LogP contribution in [0.25, 0.3) is 0 Å². The number of nitrogens with one attached hydrogen (secondary N) is 1. The van der Waals surface area contributed by atoms with Gasteiger partial charge in [-0.15, -0.1) is 0 Å². The molecule has 2 rings (SSSR count). The van der Waals surface area contributed by atoms with E-state index in [2.05, 4.69) is 5.32 Å². The molecule has 0 aromatic rings. The third kappa shape index (κ3) is 2.71. The maximum absolute atomic E-state index is 11.3. The van der Waals surface area contributed by atoms with Crippen molar-refractivity contribution in [2.45, 2.75) is 32.1 Å². The van der Waals surface area contributed by atoms with Crippen molar-refractivity contribution in [3.8, 4) is 0 Å². The van der Waals surface area contributed by atoms with Gasteiger partial charge in [-0.05, 0) is 37.0 Å². The Morgan fingerprint density at radius 2 is 2.07 bits per heavy atom. The van der Waals surface area contributed by atoms with Gasteiger partial charge < -0.3 is 10.2 Å². The molecule has 0 heterocycles. The van der Waals surface area contributed by atoms with Crippen molar-refractivity contribution in [1.82, 2.24) is 10.2 Å². The van der Waals surface area contributed by atoms with E-state index in [0.717, 1.165) is 19.0 Å². The van der Waals surface area contributed by atoms with Crippen molar-refractivity contribution < 1.29 is 4.79 Å². The molecule has 0 aromatic heterocycles. The van der Waals surface area contributed by atoms with Gasteiger partial charge >= 0.3 is 0 Å². The highest BCUT2D eigenvalue weighted by atomic mass is 16.2. The van der Waals surface area contributed by atoms with Crippen LogP contribution in [0.1, 0.15) is 32.1 Å². The van der Waals surface area contributed by atoms with Gasteiger partial charge in [-0.25, -0.2) is 0 Å². The van der Waals surface area contributed by atoms with E-state index in [1.807, 2.05) is 14.1 Å². The van der Waals surface area contributed by atoms with Crippen LogP contribution in [0.5, 0.6) is 0 Å². The maximum Gasteiger partial charge on any atom is 0.223 e. The van der Waals surface area contributed by atoms with E-state index in [-0.39, 0.29) is 5.91 Å². The first kappa shape index (κ1) is 10.9. The first-order chi connectivity index (χ1) is 7.14. The van der Waals surface area contributed by atoms with Gasteiger partial charge in [-0.1, -0.05) is 0 Å². The molecule has 2 aliphatic carbocycles. The highest BCUT2D eigenvalue weighted by Crippen LogP contribution is 2.60. The molecule has 0 saturated heterocycles. The number of hydrogen-bond acceptors (Lipinski definition) is 2. The SMILES string of the molecule is CN(C)C(=O)CCNCC1(C2CC2)CC1. The average molecular weight is 210 g/mol. The zero-order valence-corrected chi connectivity index (χ0v) is 9.88. The largest absolute Gasteiger partial charge is 0.349 e. The lowest BCUT2D eigenvalue weighted by molar-refractivity contribution is -0.128. The van der Waals surface area contributed by atoms with Crippen LogP contribution in [0.3, 0.4) is 0 Å². The molecule has 1 amide bonds. The van der Waals surface area contributed by atoms with Crippen LogP contribution >= 0.6 is 0 Å². The van der Waals surface area contributed by atoms with Gasteiger partial charge in [-0.2, -0.15) is 0 Å². The number of amides is 1. The summed E-state index contributed by atoms with van der Waals surface area (Å²) in [4.78, 5) is 13.0. The quantitative estimate of drug-likeness (QED) is 0.669. The molecule has 1 N–H and O–H groups in total. The molecule has 2 saturated carbocycles. The molecule has 0 aliphatic heterocycles. The lowest BCUT2D eigenvalue weighted by Crippen LogP contribution is -2.30. The molecular formula is C12H22N2O. The smallest absolute Gasteiger partial charge is 0.223 e. The third-order valence-corrected chi connectivity index (χ3v) is 3.83. The van der Waals surface area contributed by atoms with Crippen molar-refractivity contribution in [2.75, 3.05) is 27.2 Å². The highest BCUT2D eigenvalue weighted by Gasteiger charge is 2.53. The van der Waals surface area contributed by atoms with Gasteiger partial charge in [0.15, 0.2) is 0 Å². The average Bonchev–Trinajstić information content (AvgIpc) is 3.00. The second-order valence-corrected chi connectivity index (χ2v) is 5.35. The minimum absolute atomic E-state index is 0.221. The van der Waals surface area contributed by atoms with Crippen LogP contribution in [0.4, 0.5) is 0 Å². The summed E-state index contributed by atoms with van der Waals surface area (Å²) in [5.41, 5.74) is 0.654. The molecule has 3 nitrogen and oxygen atoms in total. The topological polar surface area (TPSA) is 32.3 Å². The maximum atomic E-state index is 11.3. The molecule has 2 aliphatic rings. The first-order valence-electron chi connectivity index (χ1n) is 6.05. The van der Waals surface area contributed by atoms with E-state index < -0.39 is 0 Å². The lowest BCUT2D eigenvalue weighted by Gasteiger charge is -2.15. The van der Waals surface area contributed by atoms with Gasteiger partial charge in [0.05, 0.1) is 0 Å². The van der Waals surface area contributed by atoms with Gasteiger partial charge in [-0.3, -0.25) is 4.79 Å². The molecule has 3 heteroatoms. The molecule has 0 unspecified atom stereocenters. The Bertz CT molecular complexity index is 242. The fourth-order valence-corrected chi connectivity index (χ4v) is 2.34. The molecule has 0 atom stereocenters. The Labute approximate surface area is 92.2 Å². The van der Waals surface area contributed by atoms with Crippen LogP contribution in [0.2, 0.25) is 0 Å². The minimum Gasteiger partial charge on any atom is -0.349 e. The van der Waals surface area contributed by atoms with E-state index in [0.29, 0.717) is 11.8 Å². The Kier molecular flexibility index (Phi) is 3.01. The van der Waals surface area contributed by atoms with E-state index in [9.17, 15) is 4.79 Å². The van der Waals surface area contributed by atoms with E-state index in [4.69, 9.17) is 0 Å². The predicted molar refractivity (Wildman–Crippen MR) is 60.6 cm³/mol. The fourth-order valence-electron chi connectivity index (χ4n) is 2.34. The fraction of sp³-hybridized carbons (Fsp3) is 0.917. The molecular weight excluding hydrogens is 188 g/mol. The molecule has 2 fully saturated rings. The van der Waals surface area contributed by atoms with Crippen molar-refractivity contribution in [1.29, 1.82) is 0 Å². The van der Waals surface area contributed by atoms with Crippen LogP contribution in [-0.2, 0) is 4.79 Å². The minimum atomic E-state index is 0.221. The summed E-state index contributed by atoms with van der Waals surface area (Å²) in [7, 11) is 3.63. The molecule has 0 spiro atoms. The number of carbonyl (C=O) groups is 1. The summed E-state index contributed by atoms with van der Waals surface area (Å²) in [5.74, 6) is 1.23. The number of nitrogens with zero attached hydrogens (tertiary/aromatic N) is 1. The summed E-state index contributed by atoms with van der Waals surface area (Å²) in [6.07, 6.45) is 6.34. The lowest BCUT2D eigenvalue weighted by atomic mass is 10.0. The summed E-state index contributed by atoms with van der Waals surface area (Å²) in [5, 5.41) is 3.45. The Balaban J connectivity index is 1.57. The van der Waals surface area contributed by atoms with E-state index in [1.54, 1.807) is 4.90 Å². The first-order valence-corrected chi connectivity index (χ1v) is 6.05. The Morgan fingerprint density at radius 1 is 1.40 bits per heavy atom. The van der Waals surface area contributed by atoms with Crippen molar-refractivity contribution in [3.63, 3.8) is 0 Å². The van der Waals surface area contributed by atoms with Gasteiger partial charge in [0.25, 0.3) is 0 Å². The summed E-state index contributed by atoms with van der Waals surface area (Å²) in [6, 6.07) is 0. The van der Waals surface area contributed by atoms with Gasteiger partial charge in [0.1, 0.15) is 0 Å². The van der Waals surface area contributed by atoms with Crippen LogP contribution in [0, 0.1) is 11.3 Å². The zero-order valence-electron chi connectivity index (χ0n) is 9.88. The monoisotopic (exact) mass is 210 g/mol. The summed E-state index contributed by atoms with van der Waals surface area (Å²) >= 11 is 0. The van der Waals surface area contributed by atoms with Crippen LogP contribution in [-0.4, -0.2) is 38.0 Å². The third-order valence-electron chi connectivity index (χ3n) is 3.83. The highest BCUT2D eigenvalue weighted by molar-refractivity contribution is 5.75. The van der Waals surface area contributed by atoms with Crippen LogP contribution < -0.4 is 5.32 Å². The number of carbonyl (C=O) groups excluding carboxylic acids is 1. The van der Waals surface area contributed by atoms with Crippen LogP contribution in [0.15, 0.2) is 0 Å². The van der Waals surface area contributed by atoms with E-state index >= 15 is 0 Å². The molecule has 86 valence electrons. The Hall–Kier alpha value is -0.570. The second-order valence-electron chi connectivity index (χ2n) is 5.35. The summed E-state index contributed by atoms with van der Waals surface area (Å²) < 4.78 is 0.